The van der Waals surface area contributed by atoms with Crippen LogP contribution in [0.4, 0.5) is 4.39 Å². The quantitative estimate of drug-likeness (QED) is 0.190. The lowest BCUT2D eigenvalue weighted by molar-refractivity contribution is -0.145. The fraction of sp³-hybridized carbons (Fsp3) is 0.675. The monoisotopic (exact) mass is 771 g/mol. The van der Waals surface area contributed by atoms with E-state index in [0.717, 1.165) is 64.2 Å². The first kappa shape index (κ1) is 40.0. The Bertz CT molecular complexity index is 1630. The number of likely N-dealkylation sites (tertiary alicyclic amines) is 1. The predicted molar refractivity (Wildman–Crippen MR) is 200 cm³/mol. The van der Waals surface area contributed by atoms with Crippen LogP contribution in [-0.2, 0) is 28.8 Å². The summed E-state index contributed by atoms with van der Waals surface area (Å²) in [6.07, 6.45) is 12.0. The van der Waals surface area contributed by atoms with Crippen molar-refractivity contribution < 1.29 is 37.9 Å². The van der Waals surface area contributed by atoms with Crippen LogP contribution in [0.1, 0.15) is 117 Å². The highest BCUT2D eigenvalue weighted by Gasteiger charge is 2.54. The van der Waals surface area contributed by atoms with Gasteiger partial charge in [0.25, 0.3) is 5.91 Å². The smallest absolute Gasteiger partial charge is 0.289 e. The number of carbonyl (C=O) groups is 5. The summed E-state index contributed by atoms with van der Waals surface area (Å²) >= 11 is 6.37. The van der Waals surface area contributed by atoms with Crippen LogP contribution >= 0.6 is 11.6 Å². The van der Waals surface area contributed by atoms with Crippen molar-refractivity contribution in [2.45, 2.75) is 141 Å². The second-order valence-electron chi connectivity index (χ2n) is 17.0. The Labute approximate surface area is 322 Å². The molecule has 14 heteroatoms. The van der Waals surface area contributed by atoms with E-state index in [1.54, 1.807) is 19.1 Å². The predicted octanol–water partition coefficient (Wildman–Crippen LogP) is 5.12. The second kappa shape index (κ2) is 16.6. The number of hydrogen-bond acceptors (Lipinski definition) is 8. The third-order valence-corrected chi connectivity index (χ3v) is 11.8. The van der Waals surface area contributed by atoms with Gasteiger partial charge in [0.15, 0.2) is 11.6 Å². The van der Waals surface area contributed by atoms with Crippen LogP contribution in [0.3, 0.4) is 0 Å². The summed E-state index contributed by atoms with van der Waals surface area (Å²) in [5.41, 5.74) is 1.65. The maximum atomic E-state index is 15.0. The van der Waals surface area contributed by atoms with E-state index < -0.39 is 58.5 Å². The fourth-order valence-corrected chi connectivity index (χ4v) is 8.32. The summed E-state index contributed by atoms with van der Waals surface area (Å²) in [4.78, 5) is 76.5. The van der Waals surface area contributed by atoms with Crippen LogP contribution in [0, 0.1) is 23.1 Å². The average Bonchev–Trinajstić information content (AvgIpc) is 3.70. The zero-order chi connectivity index (χ0) is 38.8. The molecule has 4 N–H and O–H groups in total. The van der Waals surface area contributed by atoms with E-state index in [1.165, 1.54) is 11.0 Å². The number of hydroxylamine groups is 1. The van der Waals surface area contributed by atoms with E-state index in [-0.39, 0.29) is 54.1 Å². The highest BCUT2D eigenvalue weighted by atomic mass is 35.5. The van der Waals surface area contributed by atoms with Crippen molar-refractivity contribution in [3.63, 3.8) is 0 Å². The number of rotatable bonds is 14. The van der Waals surface area contributed by atoms with Crippen LogP contribution < -0.4 is 26.2 Å². The molecule has 12 nitrogen and oxygen atoms in total. The third-order valence-electron chi connectivity index (χ3n) is 11.5. The molecule has 4 amide bonds. The van der Waals surface area contributed by atoms with Crippen LogP contribution in [0.15, 0.2) is 18.2 Å². The van der Waals surface area contributed by atoms with Crippen LogP contribution in [0.5, 0.6) is 5.75 Å². The van der Waals surface area contributed by atoms with Gasteiger partial charge in [-0.1, -0.05) is 70.9 Å². The maximum absolute atomic E-state index is 15.0. The molecule has 0 unspecified atom stereocenters. The molecule has 0 bridgehead atoms. The molecular weight excluding hydrogens is 717 g/mol. The number of nitrogens with zero attached hydrogens (tertiary/aromatic N) is 1. The Kier molecular flexibility index (Phi) is 12.3. The molecule has 3 aliphatic carbocycles. The molecule has 6 rings (SSSR count). The van der Waals surface area contributed by atoms with Gasteiger partial charge in [0.2, 0.25) is 23.5 Å². The van der Waals surface area contributed by atoms with Gasteiger partial charge in [0, 0.05) is 24.4 Å². The van der Waals surface area contributed by atoms with E-state index in [0.29, 0.717) is 24.1 Å². The van der Waals surface area contributed by atoms with Crippen molar-refractivity contribution >= 4 is 46.7 Å². The molecule has 1 spiro atoms. The van der Waals surface area contributed by atoms with E-state index in [4.69, 9.17) is 21.2 Å². The van der Waals surface area contributed by atoms with Crippen LogP contribution in [0.25, 0.3) is 5.70 Å². The van der Waals surface area contributed by atoms with Crippen molar-refractivity contribution in [2.24, 2.45) is 17.3 Å². The van der Waals surface area contributed by atoms with Gasteiger partial charge < -0.3 is 25.6 Å². The lowest BCUT2D eigenvalue weighted by Crippen LogP contribution is -2.59. The van der Waals surface area contributed by atoms with Gasteiger partial charge in [-0.3, -0.25) is 34.3 Å². The number of nitrogens with one attached hydrogen (secondary N) is 4. The first-order valence-corrected chi connectivity index (χ1v) is 20.1. The average molecular weight is 772 g/mol. The number of carbonyl (C=O) groups excluding carboxylic acids is 5. The van der Waals surface area contributed by atoms with E-state index in [1.807, 2.05) is 20.8 Å². The molecule has 1 aromatic rings. The normalized spacial score (nSPS) is 24.2. The zero-order valence-electron chi connectivity index (χ0n) is 31.9. The molecular formula is C40H55ClFN5O7. The molecule has 0 aromatic heterocycles. The second-order valence-corrected chi connectivity index (χ2v) is 17.4. The molecule has 296 valence electrons. The number of ether oxygens (including phenoxy) is 1. The largest absolute Gasteiger partial charge is 0.489 e. The standard InChI is InChI=1S/C40H55ClFN5O7/c1-5-53-34-27(41)18-25(19-28(34)42)30-20-40(54-46-30)21-31(36(50)44-29(16-23-12-9-13-23)33(49)37(51)43-26-14-15-26)47(22-40)38(52)35(39(2,3)4)45-32(48)17-24-10-7-6-8-11-24/h18-20,23-24,26,29,31,35,46H,5-17,21-22H2,1-4H3,(H,43,51)(H,44,50)(H,45,48)/t29-,31-,35+,40+/m0/s1. The third kappa shape index (κ3) is 9.38. The lowest BCUT2D eigenvalue weighted by Gasteiger charge is -2.36. The number of halogens is 2. The van der Waals surface area contributed by atoms with Crippen molar-refractivity contribution in [3.05, 3.63) is 34.6 Å². The summed E-state index contributed by atoms with van der Waals surface area (Å²) in [7, 11) is 0. The summed E-state index contributed by atoms with van der Waals surface area (Å²) < 4.78 is 20.4. The minimum atomic E-state index is -1.24. The minimum Gasteiger partial charge on any atom is -0.489 e. The molecule has 4 atom stereocenters. The number of hydrogen-bond donors (Lipinski definition) is 4. The van der Waals surface area contributed by atoms with E-state index >= 15 is 4.39 Å². The topological polar surface area (TPSA) is 155 Å². The lowest BCUT2D eigenvalue weighted by atomic mass is 9.80. The fourth-order valence-electron chi connectivity index (χ4n) is 8.05. The Balaban J connectivity index is 1.28. The maximum Gasteiger partial charge on any atom is 0.289 e. The summed E-state index contributed by atoms with van der Waals surface area (Å²) in [6.45, 7) is 7.45. The summed E-state index contributed by atoms with van der Waals surface area (Å²) in [6, 6.07) is -0.391. The number of Topliss-reactive ketones (excluding diaryl/α,β-unsaturated/α-hetero) is 1. The Morgan fingerprint density at radius 1 is 1.02 bits per heavy atom. The van der Waals surface area contributed by atoms with Crippen molar-refractivity contribution in [3.8, 4) is 5.75 Å². The Morgan fingerprint density at radius 3 is 2.33 bits per heavy atom. The molecule has 0 radical (unpaired) electrons. The minimum absolute atomic E-state index is 0.0141. The molecule has 4 fully saturated rings. The van der Waals surface area contributed by atoms with Crippen LogP contribution in [0.2, 0.25) is 5.02 Å². The van der Waals surface area contributed by atoms with Crippen molar-refractivity contribution in [1.29, 1.82) is 0 Å². The highest BCUT2D eigenvalue weighted by molar-refractivity contribution is 6.38. The van der Waals surface area contributed by atoms with Gasteiger partial charge in [0.05, 0.1) is 29.9 Å². The van der Waals surface area contributed by atoms with Crippen molar-refractivity contribution in [1.82, 2.24) is 26.3 Å². The van der Waals surface area contributed by atoms with Crippen molar-refractivity contribution in [2.75, 3.05) is 13.2 Å². The SMILES string of the molecule is CCOc1c(F)cc(C2=C[C@]3(C[C@@H](C(=O)N[C@@H](CC4CCC4)C(=O)C(=O)NC4CC4)N(C(=O)[C@@H](NC(=O)CC4CCCCC4)C(C)(C)C)C3)ON2)cc1Cl. The van der Waals surface area contributed by atoms with E-state index in [9.17, 15) is 24.0 Å². The van der Waals surface area contributed by atoms with Gasteiger partial charge in [-0.25, -0.2) is 4.39 Å². The molecule has 1 saturated heterocycles. The van der Waals surface area contributed by atoms with Gasteiger partial charge in [-0.15, -0.1) is 0 Å². The number of amides is 4. The Hall–Kier alpha value is -3.71. The summed E-state index contributed by atoms with van der Waals surface area (Å²) in [5, 5.41) is 8.69. The first-order valence-electron chi connectivity index (χ1n) is 19.7. The summed E-state index contributed by atoms with van der Waals surface area (Å²) in [5.74, 6) is -2.98. The zero-order valence-corrected chi connectivity index (χ0v) is 32.6. The molecule has 2 heterocycles. The van der Waals surface area contributed by atoms with Gasteiger partial charge >= 0.3 is 0 Å². The molecule has 1 aromatic carbocycles. The highest BCUT2D eigenvalue weighted by Crippen LogP contribution is 2.41. The van der Waals surface area contributed by atoms with Gasteiger partial charge in [0.1, 0.15) is 17.7 Å². The van der Waals surface area contributed by atoms with E-state index in [2.05, 4.69) is 21.4 Å². The number of ketones is 1. The van der Waals surface area contributed by atoms with Crippen LogP contribution in [-0.4, -0.2) is 77.2 Å². The Morgan fingerprint density at radius 2 is 1.72 bits per heavy atom. The molecule has 5 aliphatic rings. The van der Waals surface area contributed by atoms with Gasteiger partial charge in [-0.05, 0) is 74.5 Å². The molecule has 54 heavy (non-hydrogen) atoms. The molecule has 2 aliphatic heterocycles. The molecule has 3 saturated carbocycles. The first-order chi connectivity index (χ1) is 25.7. The number of benzene rings is 1. The van der Waals surface area contributed by atoms with Gasteiger partial charge in [-0.2, -0.15) is 0 Å².